The SMILES string of the molecule is COc1ccc(N2CCN(C(=O)c3cccnc3Nc3ccc(S(=O)(=O)Nc4nc5cc([N+](=O)[O-])ccc5s4)cc3)CC2)cc1. The molecule has 2 aromatic heterocycles. The summed E-state index contributed by atoms with van der Waals surface area (Å²) in [4.78, 5) is 36.6. The highest BCUT2D eigenvalue weighted by Gasteiger charge is 2.25. The first kappa shape index (κ1) is 29.8. The molecule has 0 radical (unpaired) electrons. The third-order valence-corrected chi connectivity index (χ3v) is 9.71. The minimum Gasteiger partial charge on any atom is -0.497 e. The number of nitrogens with zero attached hydrogens (tertiary/aromatic N) is 5. The van der Waals surface area contributed by atoms with Gasteiger partial charge >= 0.3 is 0 Å². The number of nitro benzene ring substituents is 1. The summed E-state index contributed by atoms with van der Waals surface area (Å²) < 4.78 is 34.4. The van der Waals surface area contributed by atoms with Crippen LogP contribution in [0, 0.1) is 10.1 Å². The standard InChI is InChI=1S/C30H27N7O6S2/c1-43-23-9-6-21(7-10-23)35-15-17-36(18-16-35)29(38)25-3-2-14-31-28(25)32-20-4-11-24(12-5-20)45(41,42)34-30-33-26-19-22(37(39)40)8-13-27(26)44-30/h2-14,19H,15-18H2,1H3,(H,31,32)(H,33,34). The van der Waals surface area contributed by atoms with Crippen LogP contribution < -0.4 is 19.7 Å². The summed E-state index contributed by atoms with van der Waals surface area (Å²) in [5.41, 5.74) is 2.21. The number of sulfonamides is 1. The molecule has 3 aromatic carbocycles. The summed E-state index contributed by atoms with van der Waals surface area (Å²) >= 11 is 1.07. The lowest BCUT2D eigenvalue weighted by Gasteiger charge is -2.36. The van der Waals surface area contributed by atoms with Gasteiger partial charge in [0.1, 0.15) is 11.6 Å². The number of non-ortho nitro benzene ring substituents is 1. The van der Waals surface area contributed by atoms with Crippen LogP contribution >= 0.6 is 11.3 Å². The Balaban J connectivity index is 1.11. The van der Waals surface area contributed by atoms with E-state index in [1.165, 1.54) is 30.3 Å². The van der Waals surface area contributed by atoms with Crippen LogP contribution in [0.25, 0.3) is 10.2 Å². The van der Waals surface area contributed by atoms with Crippen molar-refractivity contribution in [1.82, 2.24) is 14.9 Å². The Kier molecular flexibility index (Phi) is 8.19. The number of piperazine rings is 1. The Bertz CT molecular complexity index is 1970. The molecule has 1 fully saturated rings. The number of pyridine rings is 1. The number of hydrogen-bond donors (Lipinski definition) is 2. The third-order valence-electron chi connectivity index (χ3n) is 7.27. The molecular weight excluding hydrogens is 619 g/mol. The third kappa shape index (κ3) is 6.49. The molecule has 1 saturated heterocycles. The van der Waals surface area contributed by atoms with Crippen molar-refractivity contribution in [3.63, 3.8) is 0 Å². The van der Waals surface area contributed by atoms with E-state index in [1.807, 2.05) is 24.3 Å². The molecule has 1 amide bonds. The van der Waals surface area contributed by atoms with E-state index in [0.29, 0.717) is 53.5 Å². The van der Waals surface area contributed by atoms with E-state index in [4.69, 9.17) is 4.74 Å². The maximum absolute atomic E-state index is 13.5. The number of methoxy groups -OCH3 is 1. The predicted molar refractivity (Wildman–Crippen MR) is 172 cm³/mol. The number of hydrogen-bond acceptors (Lipinski definition) is 11. The number of aromatic nitrogens is 2. The maximum atomic E-state index is 13.5. The van der Waals surface area contributed by atoms with Crippen molar-refractivity contribution in [2.24, 2.45) is 0 Å². The molecule has 230 valence electrons. The lowest BCUT2D eigenvalue weighted by Crippen LogP contribution is -2.48. The molecule has 0 atom stereocenters. The first-order valence-electron chi connectivity index (χ1n) is 13.8. The largest absolute Gasteiger partial charge is 0.497 e. The number of benzene rings is 3. The molecule has 3 heterocycles. The van der Waals surface area contributed by atoms with Gasteiger partial charge in [-0.1, -0.05) is 11.3 Å². The van der Waals surface area contributed by atoms with Crippen molar-refractivity contribution < 1.29 is 22.9 Å². The van der Waals surface area contributed by atoms with Crippen molar-refractivity contribution >= 4 is 65.5 Å². The van der Waals surface area contributed by atoms with Crippen molar-refractivity contribution in [1.29, 1.82) is 0 Å². The van der Waals surface area contributed by atoms with E-state index >= 15 is 0 Å². The lowest BCUT2D eigenvalue weighted by molar-refractivity contribution is -0.384. The smallest absolute Gasteiger partial charge is 0.271 e. The van der Waals surface area contributed by atoms with Gasteiger partial charge in [0.2, 0.25) is 0 Å². The first-order chi connectivity index (χ1) is 21.7. The summed E-state index contributed by atoms with van der Waals surface area (Å²) in [6, 6.07) is 21.4. The zero-order valence-electron chi connectivity index (χ0n) is 23.9. The molecule has 2 N–H and O–H groups in total. The average molecular weight is 646 g/mol. The fourth-order valence-electron chi connectivity index (χ4n) is 4.91. The van der Waals surface area contributed by atoms with E-state index in [-0.39, 0.29) is 21.6 Å². The fraction of sp³-hybridized carbons (Fsp3) is 0.167. The molecule has 13 nitrogen and oxygen atoms in total. The number of carbonyl (C=O) groups is 1. The molecule has 0 aliphatic carbocycles. The Morgan fingerprint density at radius 3 is 2.42 bits per heavy atom. The zero-order chi connectivity index (χ0) is 31.6. The number of ether oxygens (including phenoxy) is 1. The average Bonchev–Trinajstić information content (AvgIpc) is 3.46. The Morgan fingerprint density at radius 2 is 1.73 bits per heavy atom. The topological polar surface area (TPSA) is 160 Å². The molecule has 5 aromatic rings. The maximum Gasteiger partial charge on any atom is 0.271 e. The van der Waals surface area contributed by atoms with Gasteiger partial charge in [0, 0.05) is 55.9 Å². The number of amides is 1. The molecule has 0 bridgehead atoms. The van der Waals surface area contributed by atoms with Crippen molar-refractivity contribution in [3.05, 3.63) is 101 Å². The van der Waals surface area contributed by atoms with Crippen molar-refractivity contribution in [2.45, 2.75) is 4.90 Å². The van der Waals surface area contributed by atoms with Crippen LogP contribution in [0.15, 0.2) is 90.0 Å². The van der Waals surface area contributed by atoms with Crippen molar-refractivity contribution in [3.8, 4) is 5.75 Å². The highest BCUT2D eigenvalue weighted by molar-refractivity contribution is 7.93. The van der Waals surface area contributed by atoms with E-state index in [2.05, 4.69) is 24.9 Å². The van der Waals surface area contributed by atoms with Gasteiger partial charge in [0.25, 0.3) is 21.6 Å². The number of thiazole rings is 1. The van der Waals surface area contributed by atoms with Crippen LogP contribution in [0.5, 0.6) is 5.75 Å². The number of rotatable bonds is 9. The van der Waals surface area contributed by atoms with E-state index < -0.39 is 14.9 Å². The fourth-order valence-corrected chi connectivity index (χ4v) is 6.99. The van der Waals surface area contributed by atoms with Crippen LogP contribution in [0.1, 0.15) is 10.4 Å². The summed E-state index contributed by atoms with van der Waals surface area (Å²) in [5, 5.41) is 14.3. The van der Waals surface area contributed by atoms with Gasteiger partial charge in [-0.05, 0) is 66.7 Å². The van der Waals surface area contributed by atoms with Crippen molar-refractivity contribution in [2.75, 3.05) is 48.2 Å². The molecule has 0 saturated carbocycles. The Hall–Kier alpha value is -5.28. The number of nitrogens with one attached hydrogen (secondary N) is 2. The van der Waals surface area contributed by atoms with Crippen LogP contribution in [0.4, 0.5) is 28.0 Å². The molecule has 6 rings (SSSR count). The second kappa shape index (κ2) is 12.4. The number of carbonyl (C=O) groups excluding carboxylic acids is 1. The number of fused-ring (bicyclic) bond motifs is 1. The van der Waals surface area contributed by atoms with E-state index in [1.54, 1.807) is 42.5 Å². The highest BCUT2D eigenvalue weighted by atomic mass is 32.2. The molecule has 1 aliphatic heterocycles. The second-order valence-corrected chi connectivity index (χ2v) is 12.8. The van der Waals surface area contributed by atoms with Crippen LogP contribution in [-0.4, -0.2) is 67.4 Å². The van der Waals surface area contributed by atoms with Gasteiger partial charge in [-0.15, -0.1) is 0 Å². The lowest BCUT2D eigenvalue weighted by atomic mass is 10.2. The zero-order valence-corrected chi connectivity index (χ0v) is 25.5. The van der Waals surface area contributed by atoms with E-state index in [0.717, 1.165) is 22.8 Å². The molecule has 1 aliphatic rings. The van der Waals surface area contributed by atoms with Gasteiger partial charge in [0.15, 0.2) is 5.13 Å². The summed E-state index contributed by atoms with van der Waals surface area (Å²) in [5.74, 6) is 1.00. The molecule has 0 spiro atoms. The summed E-state index contributed by atoms with van der Waals surface area (Å²) in [6.45, 7) is 2.46. The normalized spacial score (nSPS) is 13.4. The predicted octanol–water partition coefficient (Wildman–Crippen LogP) is 5.11. The van der Waals surface area contributed by atoms with Crippen LogP contribution in [0.3, 0.4) is 0 Å². The van der Waals surface area contributed by atoms with Gasteiger partial charge in [-0.2, -0.15) is 0 Å². The first-order valence-corrected chi connectivity index (χ1v) is 16.1. The Morgan fingerprint density at radius 1 is 1.00 bits per heavy atom. The van der Waals surface area contributed by atoms with Crippen LogP contribution in [0.2, 0.25) is 0 Å². The minimum absolute atomic E-state index is 0.00895. The molecule has 0 unspecified atom stereocenters. The monoisotopic (exact) mass is 645 g/mol. The Labute approximate surface area is 262 Å². The second-order valence-electron chi connectivity index (χ2n) is 10.1. The van der Waals surface area contributed by atoms with E-state index in [9.17, 15) is 23.3 Å². The van der Waals surface area contributed by atoms with Gasteiger partial charge in [0.05, 0.1) is 32.7 Å². The summed E-state index contributed by atoms with van der Waals surface area (Å²) in [6.07, 6.45) is 1.58. The minimum atomic E-state index is -3.99. The van der Waals surface area contributed by atoms with Gasteiger partial charge in [-0.25, -0.2) is 18.4 Å². The quantitative estimate of drug-likeness (QED) is 0.163. The number of nitro groups is 1. The molecule has 45 heavy (non-hydrogen) atoms. The highest BCUT2D eigenvalue weighted by Crippen LogP contribution is 2.31. The summed E-state index contributed by atoms with van der Waals surface area (Å²) in [7, 11) is -2.36. The van der Waals surface area contributed by atoms with Crippen LogP contribution in [-0.2, 0) is 10.0 Å². The van der Waals surface area contributed by atoms with Gasteiger partial charge < -0.3 is 19.9 Å². The molecule has 15 heteroatoms. The molecular formula is C30H27N7O6S2. The van der Waals surface area contributed by atoms with Gasteiger partial charge in [-0.3, -0.25) is 19.6 Å². The number of anilines is 4.